The molecule has 1 aromatic carbocycles. The topological polar surface area (TPSA) is 35.4 Å². The Morgan fingerprint density at radius 2 is 2.00 bits per heavy atom. The van der Waals surface area contributed by atoms with Crippen molar-refractivity contribution < 1.29 is 8.94 Å². The molecule has 1 aliphatic carbocycles. The van der Waals surface area contributed by atoms with Crippen LogP contribution in [0.1, 0.15) is 38.3 Å². The molecule has 1 atom stereocenters. The van der Waals surface area contributed by atoms with Crippen LogP contribution in [0.3, 0.4) is 0 Å². The first kappa shape index (κ1) is 12.6. The summed E-state index contributed by atoms with van der Waals surface area (Å²) >= 11 is -1.28. The Balaban J connectivity index is 2.33. The fourth-order valence-corrected chi connectivity index (χ4v) is 2.42. The summed E-state index contributed by atoms with van der Waals surface area (Å²) in [5.74, 6) is -0.264. The van der Waals surface area contributed by atoms with Crippen LogP contribution in [-0.2, 0) is 17.8 Å². The van der Waals surface area contributed by atoms with E-state index in [2.05, 4.69) is 4.40 Å². The SMILES string of the molecule is CC(C)(C)[S@+]([O-])N=C1CCc2ccc(F)cc21. The minimum absolute atomic E-state index is 0.264. The predicted molar refractivity (Wildman–Crippen MR) is 69.2 cm³/mol. The third-order valence-corrected chi connectivity index (χ3v) is 4.16. The first-order chi connectivity index (χ1) is 7.88. The zero-order chi connectivity index (χ0) is 12.6. The van der Waals surface area contributed by atoms with Gasteiger partial charge in [-0.05, 0) is 51.3 Å². The van der Waals surface area contributed by atoms with Gasteiger partial charge in [-0.1, -0.05) is 10.5 Å². The molecule has 1 aromatic rings. The minimum atomic E-state index is -1.28. The highest BCUT2D eigenvalue weighted by Gasteiger charge is 2.29. The summed E-state index contributed by atoms with van der Waals surface area (Å²) in [5.41, 5.74) is 2.69. The highest BCUT2D eigenvalue weighted by Crippen LogP contribution is 2.26. The van der Waals surface area contributed by atoms with Gasteiger partial charge < -0.3 is 4.55 Å². The van der Waals surface area contributed by atoms with Crippen molar-refractivity contribution >= 4 is 17.1 Å². The Bertz CT molecular complexity index is 465. The second-order valence-electron chi connectivity index (χ2n) is 5.20. The monoisotopic (exact) mass is 253 g/mol. The van der Waals surface area contributed by atoms with Crippen LogP contribution in [-0.4, -0.2) is 15.0 Å². The lowest BCUT2D eigenvalue weighted by molar-refractivity contribution is 0.561. The molecule has 0 spiro atoms. The number of rotatable bonds is 1. The van der Waals surface area contributed by atoms with Crippen molar-refractivity contribution in [3.63, 3.8) is 0 Å². The van der Waals surface area contributed by atoms with E-state index in [1.807, 2.05) is 20.8 Å². The third kappa shape index (κ3) is 2.69. The Morgan fingerprint density at radius 1 is 1.29 bits per heavy atom. The summed E-state index contributed by atoms with van der Waals surface area (Å²) < 4.78 is 29.0. The smallest absolute Gasteiger partial charge is 0.144 e. The van der Waals surface area contributed by atoms with Gasteiger partial charge in [0.1, 0.15) is 21.9 Å². The van der Waals surface area contributed by atoms with E-state index in [0.29, 0.717) is 0 Å². The van der Waals surface area contributed by atoms with Gasteiger partial charge >= 0.3 is 0 Å². The Morgan fingerprint density at radius 3 is 2.65 bits per heavy atom. The minimum Gasteiger partial charge on any atom is -0.591 e. The summed E-state index contributed by atoms with van der Waals surface area (Å²) in [5, 5.41) is 0. The van der Waals surface area contributed by atoms with E-state index in [-0.39, 0.29) is 10.6 Å². The van der Waals surface area contributed by atoms with Crippen molar-refractivity contribution in [1.29, 1.82) is 0 Å². The standard InChI is InChI=1S/C13H16FNOS/c1-13(2,3)17(16)15-12-7-5-9-4-6-10(14)8-11(9)12/h4,6,8H,5,7H2,1-3H3/t17-/m0/s1. The van der Waals surface area contributed by atoms with E-state index < -0.39 is 11.4 Å². The second kappa shape index (κ2) is 4.42. The summed E-state index contributed by atoms with van der Waals surface area (Å²) in [6.45, 7) is 5.65. The van der Waals surface area contributed by atoms with Crippen molar-refractivity contribution in [3.05, 3.63) is 35.1 Å². The number of hydrogen-bond donors (Lipinski definition) is 0. The number of benzene rings is 1. The van der Waals surface area contributed by atoms with Crippen molar-refractivity contribution in [2.24, 2.45) is 4.40 Å². The van der Waals surface area contributed by atoms with Crippen molar-refractivity contribution in [2.45, 2.75) is 38.4 Å². The molecule has 0 radical (unpaired) electrons. The van der Waals surface area contributed by atoms with Gasteiger partial charge in [0.05, 0.1) is 5.71 Å². The van der Waals surface area contributed by atoms with Crippen LogP contribution < -0.4 is 0 Å². The predicted octanol–water partition coefficient (Wildman–Crippen LogP) is 3.02. The quantitative estimate of drug-likeness (QED) is 0.708. The Kier molecular flexibility index (Phi) is 3.27. The molecule has 0 aromatic heterocycles. The number of hydrogen-bond acceptors (Lipinski definition) is 2. The fourth-order valence-electron chi connectivity index (χ4n) is 1.75. The summed E-state index contributed by atoms with van der Waals surface area (Å²) in [6, 6.07) is 4.73. The lowest BCUT2D eigenvalue weighted by Crippen LogP contribution is -2.26. The summed E-state index contributed by atoms with van der Waals surface area (Å²) in [7, 11) is 0. The molecular formula is C13H16FNOS. The normalized spacial score (nSPS) is 19.5. The van der Waals surface area contributed by atoms with Gasteiger partial charge in [0, 0.05) is 5.56 Å². The zero-order valence-electron chi connectivity index (χ0n) is 10.3. The number of nitrogens with zero attached hydrogens (tertiary/aromatic N) is 1. The third-order valence-electron chi connectivity index (χ3n) is 2.73. The largest absolute Gasteiger partial charge is 0.591 e. The van der Waals surface area contributed by atoms with E-state index in [1.165, 1.54) is 12.1 Å². The molecule has 0 saturated carbocycles. The number of aryl methyl sites for hydroxylation is 1. The molecule has 0 aliphatic heterocycles. The van der Waals surface area contributed by atoms with E-state index in [4.69, 9.17) is 0 Å². The van der Waals surface area contributed by atoms with E-state index in [9.17, 15) is 8.94 Å². The van der Waals surface area contributed by atoms with Crippen molar-refractivity contribution in [1.82, 2.24) is 0 Å². The van der Waals surface area contributed by atoms with Crippen LogP contribution in [0.15, 0.2) is 22.6 Å². The maximum atomic E-state index is 13.2. The second-order valence-corrected chi connectivity index (χ2v) is 7.11. The lowest BCUT2D eigenvalue weighted by atomic mass is 10.1. The molecule has 92 valence electrons. The molecule has 0 unspecified atom stereocenters. The maximum absolute atomic E-state index is 13.2. The highest BCUT2D eigenvalue weighted by molar-refractivity contribution is 7.91. The average molecular weight is 253 g/mol. The molecule has 0 amide bonds. The van der Waals surface area contributed by atoms with Crippen molar-refractivity contribution in [3.8, 4) is 0 Å². The van der Waals surface area contributed by atoms with Gasteiger partial charge in [0.2, 0.25) is 0 Å². The van der Waals surface area contributed by atoms with Gasteiger partial charge in [0.15, 0.2) is 0 Å². The van der Waals surface area contributed by atoms with Crippen LogP contribution in [0.25, 0.3) is 0 Å². The van der Waals surface area contributed by atoms with Crippen LogP contribution in [0, 0.1) is 5.82 Å². The fraction of sp³-hybridized carbons (Fsp3) is 0.462. The molecule has 0 N–H and O–H groups in total. The Hall–Kier alpha value is -0.870. The maximum Gasteiger partial charge on any atom is 0.144 e. The molecule has 17 heavy (non-hydrogen) atoms. The summed E-state index contributed by atoms with van der Waals surface area (Å²) in [4.78, 5) is 0. The first-order valence-corrected chi connectivity index (χ1v) is 6.77. The number of halogens is 1. The molecule has 2 nitrogen and oxygen atoms in total. The molecule has 2 rings (SSSR count). The average Bonchev–Trinajstić information content (AvgIpc) is 2.60. The van der Waals surface area contributed by atoms with Gasteiger partial charge in [0.25, 0.3) is 0 Å². The van der Waals surface area contributed by atoms with Gasteiger partial charge in [-0.2, -0.15) is 0 Å². The molecule has 4 heteroatoms. The lowest BCUT2D eigenvalue weighted by Gasteiger charge is -2.18. The van der Waals surface area contributed by atoms with E-state index >= 15 is 0 Å². The molecule has 0 bridgehead atoms. The van der Waals surface area contributed by atoms with E-state index in [0.717, 1.165) is 29.7 Å². The Labute approximate surface area is 104 Å². The molecule has 1 aliphatic rings. The van der Waals surface area contributed by atoms with Gasteiger partial charge in [-0.3, -0.25) is 0 Å². The zero-order valence-corrected chi connectivity index (χ0v) is 11.1. The molecular weight excluding hydrogens is 237 g/mol. The van der Waals surface area contributed by atoms with Gasteiger partial charge in [-0.15, -0.1) is 0 Å². The molecule has 0 heterocycles. The van der Waals surface area contributed by atoms with E-state index in [1.54, 1.807) is 6.07 Å². The first-order valence-electron chi connectivity index (χ1n) is 5.66. The van der Waals surface area contributed by atoms with Crippen LogP contribution >= 0.6 is 0 Å². The van der Waals surface area contributed by atoms with Crippen molar-refractivity contribution in [2.75, 3.05) is 0 Å². The highest BCUT2D eigenvalue weighted by atomic mass is 32.2. The molecule has 0 fully saturated rings. The van der Waals surface area contributed by atoms with Gasteiger partial charge in [-0.25, -0.2) is 4.39 Å². The van der Waals surface area contributed by atoms with Crippen LogP contribution in [0.2, 0.25) is 0 Å². The number of fused-ring (bicyclic) bond motifs is 1. The van der Waals surface area contributed by atoms with Crippen LogP contribution in [0.5, 0.6) is 0 Å². The summed E-state index contributed by atoms with van der Waals surface area (Å²) in [6.07, 6.45) is 1.61. The van der Waals surface area contributed by atoms with Crippen LogP contribution in [0.4, 0.5) is 4.39 Å². The molecule has 0 saturated heterocycles.